The maximum absolute atomic E-state index is 13.9. The second-order valence-electron chi connectivity index (χ2n) is 20.1. The molecule has 1 spiro atoms. The first-order chi connectivity index (χ1) is 33.4. The Bertz CT molecular complexity index is 2390. The summed E-state index contributed by atoms with van der Waals surface area (Å²) in [6.07, 6.45) is -6.98. The minimum absolute atomic E-state index is 0.00640. The molecular formula is C51H61Cl2F6N5O7. The van der Waals surface area contributed by atoms with Crippen LogP contribution in [0, 0.1) is 5.92 Å². The van der Waals surface area contributed by atoms with Gasteiger partial charge in [-0.3, -0.25) is 14.4 Å². The normalized spacial score (nSPS) is 21.0. The molecule has 0 saturated carbocycles. The number of piperidine rings is 2. The van der Waals surface area contributed by atoms with Gasteiger partial charge in [0.25, 0.3) is 5.91 Å². The molecule has 3 fully saturated rings. The Morgan fingerprint density at radius 1 is 0.845 bits per heavy atom. The maximum atomic E-state index is 13.9. The number of hydrogen-bond acceptors (Lipinski definition) is 8. The molecule has 1 aliphatic carbocycles. The number of amides is 4. The van der Waals surface area contributed by atoms with E-state index in [1.807, 2.05) is 32.9 Å². The van der Waals surface area contributed by atoms with E-state index in [2.05, 4.69) is 22.3 Å². The molecule has 0 radical (unpaired) electrons. The summed E-state index contributed by atoms with van der Waals surface area (Å²) in [5.41, 5.74) is -3.26. The monoisotopic (exact) mass is 1040 g/mol. The van der Waals surface area contributed by atoms with Crippen molar-refractivity contribution in [3.05, 3.63) is 104 Å². The van der Waals surface area contributed by atoms with Crippen LogP contribution in [0.2, 0.25) is 10.0 Å². The van der Waals surface area contributed by atoms with Crippen LogP contribution in [0.5, 0.6) is 0 Å². The molecule has 3 aromatic rings. The summed E-state index contributed by atoms with van der Waals surface area (Å²) in [7, 11) is 1.71. The summed E-state index contributed by atoms with van der Waals surface area (Å²) >= 11 is 12.8. The smallest absolute Gasteiger partial charge is 0.416 e. The molecule has 20 heteroatoms. The molecule has 12 nitrogen and oxygen atoms in total. The van der Waals surface area contributed by atoms with Crippen molar-refractivity contribution in [2.24, 2.45) is 5.92 Å². The maximum Gasteiger partial charge on any atom is 0.416 e. The summed E-state index contributed by atoms with van der Waals surface area (Å²) < 4.78 is 101. The van der Waals surface area contributed by atoms with Crippen molar-refractivity contribution in [3.63, 3.8) is 0 Å². The molecule has 1 N–H and O–H groups in total. The molecule has 0 unspecified atom stereocenters. The SMILES string of the molecule is CN(CCCNC(=O)C1CCN(C(=O)OC(C)(C)C)CC1)C(=O)CO[C@H]1Cc2ccccc2C12CCN(CC[C@@]1(c3ccc(Cl)c(Cl)c3)CN(C(=O)c3cc(C(F)(F)F)cc(C(F)(F)F)c3)CCO1)CC2. The Morgan fingerprint density at radius 3 is 2.14 bits per heavy atom. The van der Waals surface area contributed by atoms with Crippen LogP contribution in [0.1, 0.15) is 97.5 Å². The fraction of sp³-hybridized carbons (Fsp3) is 0.569. The van der Waals surface area contributed by atoms with Gasteiger partial charge in [-0.2, -0.15) is 26.3 Å². The lowest BCUT2D eigenvalue weighted by Gasteiger charge is -2.46. The number of nitrogens with one attached hydrogen (secondary N) is 1. The number of likely N-dealkylation sites (N-methyl/N-ethyl adjacent to an activating group) is 1. The molecule has 0 bridgehead atoms. The Hall–Kier alpha value is -4.62. The molecule has 71 heavy (non-hydrogen) atoms. The summed E-state index contributed by atoms with van der Waals surface area (Å²) in [5.74, 6) is -1.46. The summed E-state index contributed by atoms with van der Waals surface area (Å²) in [5, 5.41) is 3.44. The van der Waals surface area contributed by atoms with Crippen LogP contribution < -0.4 is 5.32 Å². The summed E-state index contributed by atoms with van der Waals surface area (Å²) in [6, 6.07) is 13.9. The molecule has 4 amide bonds. The number of rotatable bonds is 13. The third-order valence-electron chi connectivity index (χ3n) is 14.2. The Kier molecular flexibility index (Phi) is 16.7. The fourth-order valence-corrected chi connectivity index (χ4v) is 10.6. The van der Waals surface area contributed by atoms with Gasteiger partial charge in [0.15, 0.2) is 0 Å². The highest BCUT2D eigenvalue weighted by Gasteiger charge is 2.50. The molecule has 4 aliphatic rings. The number of ether oxygens (including phenoxy) is 3. The number of alkyl halides is 6. The fourth-order valence-electron chi connectivity index (χ4n) is 10.3. The quantitative estimate of drug-likeness (QED) is 0.133. The van der Waals surface area contributed by atoms with E-state index in [0.717, 1.165) is 5.56 Å². The first kappa shape index (κ1) is 54.2. The first-order valence-corrected chi connectivity index (χ1v) is 24.7. The van der Waals surface area contributed by atoms with E-state index in [0.29, 0.717) is 102 Å². The Labute approximate surface area is 420 Å². The zero-order chi connectivity index (χ0) is 51.5. The number of fused-ring (bicyclic) bond motifs is 2. The average Bonchev–Trinajstić information content (AvgIpc) is 3.62. The van der Waals surface area contributed by atoms with Gasteiger partial charge in [-0.15, -0.1) is 0 Å². The molecule has 2 atom stereocenters. The van der Waals surface area contributed by atoms with Gasteiger partial charge in [-0.25, -0.2) is 4.79 Å². The second kappa shape index (κ2) is 21.8. The van der Waals surface area contributed by atoms with Crippen molar-refractivity contribution in [1.29, 1.82) is 0 Å². The van der Waals surface area contributed by atoms with Crippen molar-refractivity contribution >= 4 is 47.0 Å². The number of likely N-dealkylation sites (tertiary alicyclic amines) is 2. The van der Waals surface area contributed by atoms with Crippen molar-refractivity contribution in [1.82, 2.24) is 24.9 Å². The van der Waals surface area contributed by atoms with Crippen LogP contribution in [0.15, 0.2) is 60.7 Å². The second-order valence-corrected chi connectivity index (χ2v) is 20.9. The predicted molar refractivity (Wildman–Crippen MR) is 254 cm³/mol. The molecule has 0 aromatic heterocycles. The minimum Gasteiger partial charge on any atom is -0.444 e. The molecule has 388 valence electrons. The van der Waals surface area contributed by atoms with E-state index in [9.17, 15) is 45.5 Å². The van der Waals surface area contributed by atoms with Gasteiger partial charge in [-0.1, -0.05) is 53.5 Å². The lowest BCUT2D eigenvalue weighted by molar-refractivity contribution is -0.143. The first-order valence-electron chi connectivity index (χ1n) is 24.0. The van der Waals surface area contributed by atoms with Crippen molar-refractivity contribution < 1.29 is 59.7 Å². The van der Waals surface area contributed by atoms with Crippen LogP contribution in [0.25, 0.3) is 0 Å². The number of benzene rings is 3. The number of hydrogen-bond donors (Lipinski definition) is 1. The number of carbonyl (C=O) groups excluding carboxylic acids is 4. The average molecular weight is 1040 g/mol. The van der Waals surface area contributed by atoms with Crippen molar-refractivity contribution in [3.8, 4) is 0 Å². The van der Waals surface area contributed by atoms with Gasteiger partial charge in [0.1, 0.15) is 17.8 Å². The third kappa shape index (κ3) is 13.0. The summed E-state index contributed by atoms with van der Waals surface area (Å²) in [4.78, 5) is 59.4. The minimum atomic E-state index is -5.13. The molecule has 3 aliphatic heterocycles. The Balaban J connectivity index is 0.950. The van der Waals surface area contributed by atoms with E-state index in [4.69, 9.17) is 37.4 Å². The van der Waals surface area contributed by atoms with Gasteiger partial charge in [-0.05, 0) is 126 Å². The highest BCUT2D eigenvalue weighted by molar-refractivity contribution is 6.42. The lowest BCUT2D eigenvalue weighted by Crippen LogP contribution is -2.54. The van der Waals surface area contributed by atoms with Gasteiger partial charge >= 0.3 is 18.4 Å². The van der Waals surface area contributed by atoms with Crippen LogP contribution in [0.3, 0.4) is 0 Å². The molecule has 3 aromatic carbocycles. The highest BCUT2D eigenvalue weighted by atomic mass is 35.5. The van der Waals surface area contributed by atoms with Crippen LogP contribution in [0.4, 0.5) is 31.1 Å². The van der Waals surface area contributed by atoms with Crippen LogP contribution in [-0.2, 0) is 53.6 Å². The lowest BCUT2D eigenvalue weighted by atomic mass is 9.72. The number of nitrogens with zero attached hydrogens (tertiary/aromatic N) is 4. The zero-order valence-electron chi connectivity index (χ0n) is 40.3. The highest BCUT2D eigenvalue weighted by Crippen LogP contribution is 2.48. The van der Waals surface area contributed by atoms with E-state index in [-0.39, 0.29) is 84.2 Å². The van der Waals surface area contributed by atoms with Crippen LogP contribution in [-0.4, -0.2) is 134 Å². The van der Waals surface area contributed by atoms with Crippen LogP contribution >= 0.6 is 23.2 Å². The molecule has 3 saturated heterocycles. The van der Waals surface area contributed by atoms with Gasteiger partial charge in [0.05, 0.1) is 40.4 Å². The molecule has 3 heterocycles. The van der Waals surface area contributed by atoms with Crippen molar-refractivity contribution in [2.45, 2.75) is 101 Å². The van der Waals surface area contributed by atoms with Gasteiger partial charge in [0, 0.05) is 63.2 Å². The largest absolute Gasteiger partial charge is 0.444 e. The predicted octanol–water partition coefficient (Wildman–Crippen LogP) is 9.38. The van der Waals surface area contributed by atoms with Gasteiger partial charge < -0.3 is 39.1 Å². The van der Waals surface area contributed by atoms with E-state index >= 15 is 0 Å². The van der Waals surface area contributed by atoms with E-state index in [1.165, 1.54) is 10.5 Å². The van der Waals surface area contributed by atoms with E-state index in [1.54, 1.807) is 35.0 Å². The number of halogens is 8. The third-order valence-corrected chi connectivity index (χ3v) is 15.0. The molecular weight excluding hydrogens is 979 g/mol. The standard InChI is InChI=1S/C51H61Cl2F6N5O7/c1-47(2,3)71-46(68)63-19-12-33(13-20-63)44(66)60-17-7-18-61(4)43(65)31-69-42-28-34-8-5-6-9-39(34)48(42)14-21-62(22-15-48)23-16-49(36-10-11-40(52)41(53)30-36)32-64(24-25-70-49)45(67)35-26-37(50(54,55)56)29-38(27-35)51(57,58)59/h5-6,8-11,26-27,29-30,33,42H,7,12-25,28,31-32H2,1-4H3,(H,60,66)/t42-,49-/m0/s1. The number of carbonyl (C=O) groups is 4. The zero-order valence-corrected chi connectivity index (χ0v) is 41.8. The Morgan fingerprint density at radius 2 is 1.51 bits per heavy atom. The topological polar surface area (TPSA) is 121 Å². The van der Waals surface area contributed by atoms with Crippen molar-refractivity contribution in [2.75, 3.05) is 79.2 Å². The number of morpholine rings is 1. The van der Waals surface area contributed by atoms with Gasteiger partial charge in [0.2, 0.25) is 11.8 Å². The summed E-state index contributed by atoms with van der Waals surface area (Å²) in [6.45, 7) is 8.39. The molecule has 7 rings (SSSR count). The van der Waals surface area contributed by atoms with E-state index < -0.39 is 46.2 Å².